The Bertz CT molecular complexity index is 475. The molecule has 0 spiro atoms. The van der Waals surface area contributed by atoms with E-state index in [0.717, 1.165) is 0 Å². The lowest BCUT2D eigenvalue weighted by atomic mass is 9.83. The van der Waals surface area contributed by atoms with Gasteiger partial charge in [0.25, 0.3) is 0 Å². The summed E-state index contributed by atoms with van der Waals surface area (Å²) in [6.45, 7) is 4.43. The van der Waals surface area contributed by atoms with Gasteiger partial charge in [-0.25, -0.2) is 9.18 Å². The van der Waals surface area contributed by atoms with Gasteiger partial charge in [0, 0.05) is 25.1 Å². The molecule has 4 nitrogen and oxygen atoms in total. The molecule has 20 heavy (non-hydrogen) atoms. The minimum absolute atomic E-state index is 0.0900. The van der Waals surface area contributed by atoms with E-state index in [0.29, 0.717) is 25.1 Å². The Morgan fingerprint density at radius 2 is 2.10 bits per heavy atom. The van der Waals surface area contributed by atoms with Crippen molar-refractivity contribution in [3.63, 3.8) is 0 Å². The van der Waals surface area contributed by atoms with Gasteiger partial charge in [0.2, 0.25) is 0 Å². The molecule has 1 fully saturated rings. The lowest BCUT2D eigenvalue weighted by molar-refractivity contribution is -0.149. The standard InChI is InChI=1S/C15H20FNO3/c1-10(2)13-9-15(14(18)19,7-8-20-13)17-12-5-3-11(16)4-6-12/h3-6,10,13,17H,7-9H2,1-2H3,(H,18,19). The van der Waals surface area contributed by atoms with Crippen LogP contribution in [0.4, 0.5) is 10.1 Å². The van der Waals surface area contributed by atoms with Gasteiger partial charge in [-0.15, -0.1) is 0 Å². The highest BCUT2D eigenvalue weighted by molar-refractivity contribution is 5.83. The fraction of sp³-hybridized carbons (Fsp3) is 0.533. The second-order valence-electron chi connectivity index (χ2n) is 5.63. The second kappa shape index (κ2) is 5.79. The monoisotopic (exact) mass is 281 g/mol. The molecule has 1 aromatic carbocycles. The van der Waals surface area contributed by atoms with E-state index < -0.39 is 11.5 Å². The smallest absolute Gasteiger partial charge is 0.329 e. The lowest BCUT2D eigenvalue weighted by Crippen LogP contribution is -2.53. The van der Waals surface area contributed by atoms with Gasteiger partial charge in [0.1, 0.15) is 11.4 Å². The molecular formula is C15H20FNO3. The molecule has 2 unspecified atom stereocenters. The zero-order valence-electron chi connectivity index (χ0n) is 11.7. The van der Waals surface area contributed by atoms with Gasteiger partial charge < -0.3 is 15.2 Å². The van der Waals surface area contributed by atoms with Crippen molar-refractivity contribution in [2.45, 2.75) is 38.3 Å². The van der Waals surface area contributed by atoms with E-state index in [1.54, 1.807) is 12.1 Å². The van der Waals surface area contributed by atoms with Crippen LogP contribution in [0.3, 0.4) is 0 Å². The lowest BCUT2D eigenvalue weighted by Gasteiger charge is -2.40. The number of hydrogen-bond acceptors (Lipinski definition) is 3. The van der Waals surface area contributed by atoms with Crippen LogP contribution in [0, 0.1) is 11.7 Å². The summed E-state index contributed by atoms with van der Waals surface area (Å²) in [7, 11) is 0. The summed E-state index contributed by atoms with van der Waals surface area (Å²) >= 11 is 0. The van der Waals surface area contributed by atoms with Crippen molar-refractivity contribution in [2.75, 3.05) is 11.9 Å². The SMILES string of the molecule is CC(C)C1CC(Nc2ccc(F)cc2)(C(=O)O)CCO1. The van der Waals surface area contributed by atoms with Gasteiger partial charge in [0.05, 0.1) is 6.10 Å². The molecule has 0 saturated carbocycles. The zero-order chi connectivity index (χ0) is 14.8. The maximum absolute atomic E-state index is 12.9. The summed E-state index contributed by atoms with van der Waals surface area (Å²) < 4.78 is 18.6. The van der Waals surface area contributed by atoms with E-state index in [1.807, 2.05) is 13.8 Å². The highest BCUT2D eigenvalue weighted by atomic mass is 19.1. The number of benzene rings is 1. The maximum Gasteiger partial charge on any atom is 0.329 e. The number of ether oxygens (including phenoxy) is 1. The van der Waals surface area contributed by atoms with Crippen LogP contribution in [-0.2, 0) is 9.53 Å². The molecule has 5 heteroatoms. The van der Waals surface area contributed by atoms with E-state index in [4.69, 9.17) is 4.74 Å². The van der Waals surface area contributed by atoms with Crippen LogP contribution in [-0.4, -0.2) is 29.3 Å². The van der Waals surface area contributed by atoms with Crippen molar-refractivity contribution >= 4 is 11.7 Å². The predicted molar refractivity (Wildman–Crippen MR) is 74.2 cm³/mol. The number of carboxylic acid groups (broad SMARTS) is 1. The molecule has 1 heterocycles. The number of rotatable bonds is 4. The van der Waals surface area contributed by atoms with Crippen LogP contribution in [0.1, 0.15) is 26.7 Å². The fourth-order valence-electron chi connectivity index (χ4n) is 2.49. The van der Waals surface area contributed by atoms with E-state index >= 15 is 0 Å². The number of nitrogens with one attached hydrogen (secondary N) is 1. The Balaban J connectivity index is 2.21. The van der Waals surface area contributed by atoms with Crippen LogP contribution in [0.2, 0.25) is 0 Å². The van der Waals surface area contributed by atoms with Crippen LogP contribution >= 0.6 is 0 Å². The number of carbonyl (C=O) groups is 1. The van der Waals surface area contributed by atoms with E-state index in [9.17, 15) is 14.3 Å². The third-order valence-electron chi connectivity index (χ3n) is 3.79. The number of aliphatic carboxylic acids is 1. The predicted octanol–water partition coefficient (Wildman–Crippen LogP) is 2.90. The highest BCUT2D eigenvalue weighted by Gasteiger charge is 2.44. The topological polar surface area (TPSA) is 58.6 Å². The van der Waals surface area contributed by atoms with Crippen LogP contribution in [0.15, 0.2) is 24.3 Å². The normalized spacial score (nSPS) is 26.5. The first-order valence-corrected chi connectivity index (χ1v) is 6.82. The fourth-order valence-corrected chi connectivity index (χ4v) is 2.49. The molecular weight excluding hydrogens is 261 g/mol. The van der Waals surface area contributed by atoms with Gasteiger partial charge in [-0.3, -0.25) is 0 Å². The Morgan fingerprint density at radius 1 is 1.45 bits per heavy atom. The van der Waals surface area contributed by atoms with Crippen molar-refractivity contribution in [1.29, 1.82) is 0 Å². The molecule has 0 aromatic heterocycles. The highest BCUT2D eigenvalue weighted by Crippen LogP contribution is 2.32. The Labute approximate surface area is 117 Å². The average Bonchev–Trinajstić information content (AvgIpc) is 2.41. The number of hydrogen-bond donors (Lipinski definition) is 2. The van der Waals surface area contributed by atoms with Gasteiger partial charge in [-0.05, 0) is 30.2 Å². The first-order valence-electron chi connectivity index (χ1n) is 6.82. The minimum atomic E-state index is -1.05. The van der Waals surface area contributed by atoms with E-state index in [-0.39, 0.29) is 17.8 Å². The molecule has 1 aliphatic heterocycles. The number of carboxylic acids is 1. The van der Waals surface area contributed by atoms with Crippen molar-refractivity contribution in [3.8, 4) is 0 Å². The summed E-state index contributed by atoms with van der Waals surface area (Å²) in [6, 6.07) is 5.74. The molecule has 0 amide bonds. The zero-order valence-corrected chi connectivity index (χ0v) is 11.7. The van der Waals surface area contributed by atoms with Crippen molar-refractivity contribution in [3.05, 3.63) is 30.1 Å². The molecule has 2 rings (SSSR count). The molecule has 0 aliphatic carbocycles. The molecule has 110 valence electrons. The Morgan fingerprint density at radius 3 is 2.65 bits per heavy atom. The summed E-state index contributed by atoms with van der Waals surface area (Å²) in [5, 5.41) is 12.7. The van der Waals surface area contributed by atoms with Crippen LogP contribution in [0.25, 0.3) is 0 Å². The molecule has 2 atom stereocenters. The quantitative estimate of drug-likeness (QED) is 0.891. The van der Waals surface area contributed by atoms with Crippen molar-refractivity contribution in [1.82, 2.24) is 0 Å². The number of anilines is 1. The summed E-state index contributed by atoms with van der Waals surface area (Å²) in [5.74, 6) is -0.980. The second-order valence-corrected chi connectivity index (χ2v) is 5.63. The molecule has 0 bridgehead atoms. The van der Waals surface area contributed by atoms with Gasteiger partial charge >= 0.3 is 5.97 Å². The van der Waals surface area contributed by atoms with Crippen LogP contribution in [0.5, 0.6) is 0 Å². The first-order chi connectivity index (χ1) is 9.43. The molecule has 1 saturated heterocycles. The molecule has 2 N–H and O–H groups in total. The van der Waals surface area contributed by atoms with Crippen LogP contribution < -0.4 is 5.32 Å². The Hall–Kier alpha value is -1.62. The average molecular weight is 281 g/mol. The molecule has 1 aromatic rings. The summed E-state index contributed by atoms with van der Waals surface area (Å²) in [5.41, 5.74) is -0.441. The minimum Gasteiger partial charge on any atom is -0.480 e. The van der Waals surface area contributed by atoms with Crippen molar-refractivity contribution in [2.24, 2.45) is 5.92 Å². The van der Waals surface area contributed by atoms with E-state index in [2.05, 4.69) is 5.32 Å². The first kappa shape index (κ1) is 14.8. The third-order valence-corrected chi connectivity index (χ3v) is 3.79. The van der Waals surface area contributed by atoms with Gasteiger partial charge in [0.15, 0.2) is 0 Å². The molecule has 1 aliphatic rings. The van der Waals surface area contributed by atoms with Gasteiger partial charge in [-0.1, -0.05) is 13.8 Å². The third kappa shape index (κ3) is 3.10. The molecule has 0 radical (unpaired) electrons. The number of halogens is 1. The maximum atomic E-state index is 12.9. The van der Waals surface area contributed by atoms with Gasteiger partial charge in [-0.2, -0.15) is 0 Å². The largest absolute Gasteiger partial charge is 0.480 e. The van der Waals surface area contributed by atoms with Crippen molar-refractivity contribution < 1.29 is 19.0 Å². The summed E-state index contributed by atoms with van der Waals surface area (Å²) in [4.78, 5) is 11.7. The van der Waals surface area contributed by atoms with E-state index in [1.165, 1.54) is 12.1 Å². The Kier molecular flexibility index (Phi) is 4.28. The summed E-state index contributed by atoms with van der Waals surface area (Å²) in [6.07, 6.45) is 0.702.